The lowest BCUT2D eigenvalue weighted by Crippen LogP contribution is -2.14. The monoisotopic (exact) mass is 308 g/mol. The van der Waals surface area contributed by atoms with Crippen LogP contribution in [0.4, 0.5) is 0 Å². The van der Waals surface area contributed by atoms with E-state index in [0.717, 1.165) is 17.0 Å². The number of aryl methyl sites for hydroxylation is 2. The minimum absolute atomic E-state index is 0.167. The molecular weight excluding hydrogens is 292 g/mol. The van der Waals surface area contributed by atoms with Gasteiger partial charge in [-0.2, -0.15) is 5.10 Å². The van der Waals surface area contributed by atoms with E-state index in [1.807, 2.05) is 38.2 Å². The predicted molar refractivity (Wildman–Crippen MR) is 80.8 cm³/mol. The van der Waals surface area contributed by atoms with Gasteiger partial charge in [0.1, 0.15) is 18.2 Å². The zero-order valence-corrected chi connectivity index (χ0v) is 12.6. The summed E-state index contributed by atoms with van der Waals surface area (Å²) < 4.78 is 7.41. The first-order chi connectivity index (χ1) is 10.0. The molecule has 6 nitrogen and oxygen atoms in total. The van der Waals surface area contributed by atoms with Gasteiger partial charge in [0, 0.05) is 13.5 Å². The Kier molecular flexibility index (Phi) is 4.70. The lowest BCUT2D eigenvalue weighted by molar-refractivity contribution is 0.295. The van der Waals surface area contributed by atoms with E-state index in [0.29, 0.717) is 23.8 Å². The van der Waals surface area contributed by atoms with Crippen molar-refractivity contribution in [3.05, 3.63) is 46.2 Å². The maximum atomic E-state index is 8.53. The Bertz CT molecular complexity index is 650. The third-order valence-corrected chi connectivity index (χ3v) is 3.57. The number of nitrogens with zero attached hydrogens (tertiary/aromatic N) is 3. The SMILES string of the molecule is Cc1nn(C)c(COc2ccc(CC(N)=NO)cc2)c1Cl. The van der Waals surface area contributed by atoms with Crippen molar-refractivity contribution in [3.8, 4) is 5.75 Å². The van der Waals surface area contributed by atoms with Crippen molar-refractivity contribution in [2.24, 2.45) is 17.9 Å². The summed E-state index contributed by atoms with van der Waals surface area (Å²) in [6, 6.07) is 7.39. The Hall–Kier alpha value is -2.21. The number of aromatic nitrogens is 2. The molecule has 0 aliphatic heterocycles. The topological polar surface area (TPSA) is 85.7 Å². The molecule has 0 fully saturated rings. The molecule has 3 N–H and O–H groups in total. The zero-order valence-electron chi connectivity index (χ0n) is 11.9. The fourth-order valence-electron chi connectivity index (χ4n) is 1.94. The molecule has 0 bridgehead atoms. The quantitative estimate of drug-likeness (QED) is 0.384. The lowest BCUT2D eigenvalue weighted by Gasteiger charge is -2.08. The molecule has 0 aliphatic rings. The number of nitrogens with two attached hydrogens (primary N) is 1. The largest absolute Gasteiger partial charge is 0.487 e. The van der Waals surface area contributed by atoms with Gasteiger partial charge >= 0.3 is 0 Å². The maximum Gasteiger partial charge on any atom is 0.143 e. The molecular formula is C14H17ClN4O2. The summed E-state index contributed by atoms with van der Waals surface area (Å²) >= 11 is 6.16. The van der Waals surface area contributed by atoms with E-state index in [1.165, 1.54) is 0 Å². The fraction of sp³-hybridized carbons (Fsp3) is 0.286. The molecule has 0 unspecified atom stereocenters. The van der Waals surface area contributed by atoms with E-state index in [9.17, 15) is 0 Å². The van der Waals surface area contributed by atoms with Crippen molar-refractivity contribution in [3.63, 3.8) is 0 Å². The van der Waals surface area contributed by atoms with Gasteiger partial charge in [-0.3, -0.25) is 4.68 Å². The molecule has 2 aromatic rings. The van der Waals surface area contributed by atoms with Crippen LogP contribution >= 0.6 is 11.6 Å². The summed E-state index contributed by atoms with van der Waals surface area (Å²) in [5, 5.41) is 16.3. The molecule has 7 heteroatoms. The number of hydrogen-bond donors (Lipinski definition) is 2. The molecule has 0 spiro atoms. The molecule has 1 aromatic carbocycles. The van der Waals surface area contributed by atoms with Crippen LogP contribution in [0.25, 0.3) is 0 Å². The van der Waals surface area contributed by atoms with E-state index < -0.39 is 0 Å². The van der Waals surface area contributed by atoms with Gasteiger partial charge in [0.05, 0.1) is 16.4 Å². The Morgan fingerprint density at radius 1 is 1.43 bits per heavy atom. The second-order valence-electron chi connectivity index (χ2n) is 4.67. The highest BCUT2D eigenvalue weighted by molar-refractivity contribution is 6.31. The van der Waals surface area contributed by atoms with Crippen LogP contribution in [0.5, 0.6) is 5.75 Å². The minimum Gasteiger partial charge on any atom is -0.487 e. The van der Waals surface area contributed by atoms with Gasteiger partial charge in [0.25, 0.3) is 0 Å². The second-order valence-corrected chi connectivity index (χ2v) is 5.05. The number of halogens is 1. The van der Waals surface area contributed by atoms with Gasteiger partial charge < -0.3 is 15.7 Å². The maximum absolute atomic E-state index is 8.53. The highest BCUT2D eigenvalue weighted by Gasteiger charge is 2.11. The second kappa shape index (κ2) is 6.49. The smallest absolute Gasteiger partial charge is 0.143 e. The van der Waals surface area contributed by atoms with Crippen LogP contribution in [0.3, 0.4) is 0 Å². The molecule has 0 amide bonds. The molecule has 2 rings (SSSR count). The fourth-order valence-corrected chi connectivity index (χ4v) is 2.15. The van der Waals surface area contributed by atoms with Crippen LogP contribution in [-0.2, 0) is 20.1 Å². The van der Waals surface area contributed by atoms with Gasteiger partial charge in [-0.1, -0.05) is 28.9 Å². The summed E-state index contributed by atoms with van der Waals surface area (Å²) in [7, 11) is 1.83. The van der Waals surface area contributed by atoms with E-state index in [-0.39, 0.29) is 5.84 Å². The molecule has 112 valence electrons. The average molecular weight is 309 g/mol. The molecule has 1 heterocycles. The normalized spacial score (nSPS) is 11.7. The number of amidine groups is 1. The molecule has 0 radical (unpaired) electrons. The zero-order chi connectivity index (χ0) is 15.4. The summed E-state index contributed by atoms with van der Waals surface area (Å²) in [5.74, 6) is 0.883. The molecule has 21 heavy (non-hydrogen) atoms. The molecule has 1 aromatic heterocycles. The Labute approximate surface area is 127 Å². The number of oxime groups is 1. The van der Waals surface area contributed by atoms with Crippen molar-refractivity contribution in [1.82, 2.24) is 9.78 Å². The first kappa shape index (κ1) is 15.2. The van der Waals surface area contributed by atoms with Crippen molar-refractivity contribution < 1.29 is 9.94 Å². The third-order valence-electron chi connectivity index (χ3n) is 3.07. The summed E-state index contributed by atoms with van der Waals surface area (Å²) in [6.07, 6.45) is 0.392. The number of rotatable bonds is 5. The van der Waals surface area contributed by atoms with E-state index in [1.54, 1.807) is 4.68 Å². The van der Waals surface area contributed by atoms with Crippen molar-refractivity contribution in [2.45, 2.75) is 20.0 Å². The number of ether oxygens (including phenoxy) is 1. The Balaban J connectivity index is 2.01. The molecule has 0 aliphatic carbocycles. The predicted octanol–water partition coefficient (Wildman–Crippen LogP) is 2.25. The van der Waals surface area contributed by atoms with Gasteiger partial charge in [-0.25, -0.2) is 0 Å². The van der Waals surface area contributed by atoms with Gasteiger partial charge in [0.15, 0.2) is 0 Å². The highest BCUT2D eigenvalue weighted by atomic mass is 35.5. The Morgan fingerprint density at radius 2 is 2.10 bits per heavy atom. The third kappa shape index (κ3) is 3.66. The summed E-state index contributed by atoms with van der Waals surface area (Å²) in [6.45, 7) is 2.20. The summed E-state index contributed by atoms with van der Waals surface area (Å²) in [5.41, 5.74) is 8.01. The van der Waals surface area contributed by atoms with Crippen LogP contribution in [0.1, 0.15) is 17.0 Å². The van der Waals surface area contributed by atoms with Crippen LogP contribution in [-0.4, -0.2) is 20.8 Å². The first-order valence-electron chi connectivity index (χ1n) is 6.37. The molecule has 0 saturated heterocycles. The average Bonchev–Trinajstić information content (AvgIpc) is 2.71. The van der Waals surface area contributed by atoms with Crippen molar-refractivity contribution in [1.29, 1.82) is 0 Å². The van der Waals surface area contributed by atoms with E-state index in [2.05, 4.69) is 10.3 Å². The van der Waals surface area contributed by atoms with Crippen molar-refractivity contribution >= 4 is 17.4 Å². The van der Waals surface area contributed by atoms with Crippen LogP contribution in [0.2, 0.25) is 5.02 Å². The lowest BCUT2D eigenvalue weighted by atomic mass is 10.1. The van der Waals surface area contributed by atoms with Crippen molar-refractivity contribution in [2.75, 3.05) is 0 Å². The van der Waals surface area contributed by atoms with Gasteiger partial charge in [-0.05, 0) is 24.6 Å². The van der Waals surface area contributed by atoms with E-state index in [4.69, 9.17) is 27.3 Å². The van der Waals surface area contributed by atoms with Crippen LogP contribution in [0.15, 0.2) is 29.4 Å². The Morgan fingerprint density at radius 3 is 2.62 bits per heavy atom. The standard InChI is InChI=1S/C14H17ClN4O2/c1-9-14(15)12(19(2)17-9)8-21-11-5-3-10(4-6-11)7-13(16)18-20/h3-6,20H,7-8H2,1-2H3,(H2,16,18). The van der Waals surface area contributed by atoms with E-state index >= 15 is 0 Å². The number of hydrogen-bond acceptors (Lipinski definition) is 4. The minimum atomic E-state index is 0.167. The van der Waals surface area contributed by atoms with Gasteiger partial charge in [0.2, 0.25) is 0 Å². The first-order valence-corrected chi connectivity index (χ1v) is 6.75. The van der Waals surface area contributed by atoms with Gasteiger partial charge in [-0.15, -0.1) is 0 Å². The molecule has 0 saturated carbocycles. The number of benzene rings is 1. The summed E-state index contributed by atoms with van der Waals surface area (Å²) in [4.78, 5) is 0. The highest BCUT2D eigenvalue weighted by Crippen LogP contribution is 2.21. The van der Waals surface area contributed by atoms with Crippen LogP contribution in [0, 0.1) is 6.92 Å². The molecule has 0 atom stereocenters. The van der Waals surface area contributed by atoms with Crippen LogP contribution < -0.4 is 10.5 Å².